The first kappa shape index (κ1) is 18.5. The Morgan fingerprint density at radius 2 is 1.90 bits per heavy atom. The molecule has 2 aliphatic rings. The number of anilines is 2. The summed E-state index contributed by atoms with van der Waals surface area (Å²) in [5.74, 6) is -0.253. The molecule has 0 spiro atoms. The van der Waals surface area contributed by atoms with Crippen molar-refractivity contribution in [2.75, 3.05) is 16.9 Å². The van der Waals surface area contributed by atoms with Crippen LogP contribution >= 0.6 is 11.3 Å². The average Bonchev–Trinajstić information content (AvgIpc) is 3.23. The minimum Gasteiger partial charge on any atom is -0.334 e. The van der Waals surface area contributed by atoms with Crippen LogP contribution in [-0.4, -0.2) is 22.9 Å². The third kappa shape index (κ3) is 2.88. The predicted molar refractivity (Wildman–Crippen MR) is 115 cm³/mol. The predicted octanol–water partition coefficient (Wildman–Crippen LogP) is 1.63. The molecule has 0 fully saturated rings. The van der Waals surface area contributed by atoms with Gasteiger partial charge in [-0.15, -0.1) is 0 Å². The lowest BCUT2D eigenvalue weighted by molar-refractivity contribution is -0.110. The lowest BCUT2D eigenvalue weighted by Gasteiger charge is -2.25. The number of thiazole rings is 1. The average molecular weight is 418 g/mol. The van der Waals surface area contributed by atoms with Crippen molar-refractivity contribution in [2.24, 2.45) is 4.99 Å². The molecule has 1 aromatic heterocycles. The summed E-state index contributed by atoms with van der Waals surface area (Å²) < 4.78 is 2.00. The van der Waals surface area contributed by atoms with Crippen molar-refractivity contribution >= 4 is 40.0 Å². The molecule has 150 valence electrons. The molecular weight excluding hydrogens is 400 g/mol. The molecule has 1 amide bonds. The number of Topliss-reactive ketones (excluding diaryl/α,β-unsaturated/α-hetero) is 1. The minimum absolute atomic E-state index is 0.00764. The number of aryl methyl sites for hydroxylation is 1. The highest BCUT2D eigenvalue weighted by Gasteiger charge is 2.28. The third-order valence-electron chi connectivity index (χ3n) is 5.34. The van der Waals surface area contributed by atoms with Crippen LogP contribution in [0.15, 0.2) is 52.3 Å². The molecule has 0 radical (unpaired) electrons. The number of nitrogens with one attached hydrogen (secondary N) is 1. The summed E-state index contributed by atoms with van der Waals surface area (Å²) in [6.07, 6.45) is 0. The highest BCUT2D eigenvalue weighted by molar-refractivity contribution is 7.07. The number of ketones is 1. The summed E-state index contributed by atoms with van der Waals surface area (Å²) in [6.45, 7) is 4.22. The normalized spacial score (nSPS) is 16.6. The van der Waals surface area contributed by atoms with Crippen molar-refractivity contribution < 1.29 is 9.59 Å². The summed E-state index contributed by atoms with van der Waals surface area (Å²) in [5, 5.41) is 2.84. The van der Waals surface area contributed by atoms with Gasteiger partial charge >= 0.3 is 0 Å². The van der Waals surface area contributed by atoms with E-state index >= 15 is 0 Å². The van der Waals surface area contributed by atoms with Crippen molar-refractivity contribution in [3.63, 3.8) is 0 Å². The van der Waals surface area contributed by atoms with Crippen LogP contribution in [0, 0.1) is 6.92 Å². The fraction of sp³-hybridized carbons (Fsp3) is 0.182. The van der Waals surface area contributed by atoms with E-state index in [0.717, 1.165) is 22.5 Å². The van der Waals surface area contributed by atoms with E-state index in [1.165, 1.54) is 18.3 Å². The van der Waals surface area contributed by atoms with Crippen molar-refractivity contribution in [3.8, 4) is 0 Å². The summed E-state index contributed by atoms with van der Waals surface area (Å²) in [5.41, 5.74) is 4.21. The molecule has 5 rings (SSSR count). The van der Waals surface area contributed by atoms with Crippen LogP contribution < -0.4 is 25.1 Å². The number of benzene rings is 2. The Kier molecular flexibility index (Phi) is 4.18. The van der Waals surface area contributed by atoms with Gasteiger partial charge in [0.15, 0.2) is 10.6 Å². The first-order chi connectivity index (χ1) is 14.4. The van der Waals surface area contributed by atoms with Gasteiger partial charge in [-0.3, -0.25) is 19.0 Å². The first-order valence-corrected chi connectivity index (χ1v) is 10.3. The lowest BCUT2D eigenvalue weighted by Crippen LogP contribution is -2.43. The standard InChI is InChI=1S/C22H18N4O3S/c1-12-3-8-17-16(9-12)18(20(28)24-17)19-21(29)26-11-25(10-23-22(26)30-19)15-6-4-14(5-7-15)13(2)27/h3-9H,10-11H2,1-2H3,(H,24,28)/b19-18+. The van der Waals surface area contributed by atoms with Gasteiger partial charge in [-0.25, -0.2) is 4.99 Å². The molecule has 7 nitrogen and oxygen atoms in total. The number of amides is 1. The van der Waals surface area contributed by atoms with Crippen LogP contribution in [0.5, 0.6) is 0 Å². The minimum atomic E-state index is -0.261. The largest absolute Gasteiger partial charge is 0.334 e. The Morgan fingerprint density at radius 1 is 1.13 bits per heavy atom. The maximum atomic E-state index is 13.2. The highest BCUT2D eigenvalue weighted by atomic mass is 32.1. The summed E-state index contributed by atoms with van der Waals surface area (Å²) in [6, 6.07) is 13.0. The first-order valence-electron chi connectivity index (χ1n) is 9.49. The smallest absolute Gasteiger partial charge is 0.272 e. The Bertz CT molecular complexity index is 1400. The number of rotatable bonds is 2. The number of nitrogens with zero attached hydrogens (tertiary/aromatic N) is 3. The van der Waals surface area contributed by atoms with Gasteiger partial charge in [0.25, 0.3) is 11.5 Å². The molecule has 0 unspecified atom stereocenters. The van der Waals surface area contributed by atoms with Crippen molar-refractivity contribution in [2.45, 2.75) is 20.5 Å². The number of hydrogen-bond donors (Lipinski definition) is 1. The van der Waals surface area contributed by atoms with Crippen molar-refractivity contribution in [1.29, 1.82) is 0 Å². The summed E-state index contributed by atoms with van der Waals surface area (Å²) in [4.78, 5) is 44.4. The Morgan fingerprint density at radius 3 is 2.63 bits per heavy atom. The maximum absolute atomic E-state index is 13.2. The second kappa shape index (κ2) is 6.77. The van der Waals surface area contributed by atoms with E-state index in [9.17, 15) is 14.4 Å². The second-order valence-corrected chi connectivity index (χ2v) is 8.39. The van der Waals surface area contributed by atoms with Gasteiger partial charge < -0.3 is 10.2 Å². The van der Waals surface area contributed by atoms with Gasteiger partial charge in [0, 0.05) is 22.5 Å². The van der Waals surface area contributed by atoms with Crippen LogP contribution in [-0.2, 0) is 11.5 Å². The molecule has 0 saturated heterocycles. The molecule has 0 aliphatic carbocycles. The Labute approximate surface area is 175 Å². The van der Waals surface area contributed by atoms with E-state index in [1.807, 2.05) is 42.2 Å². The molecule has 0 atom stereocenters. The zero-order valence-electron chi connectivity index (χ0n) is 16.4. The number of aromatic nitrogens is 1. The SMILES string of the molecule is CC(=O)c1ccc(N2CN=c3s/c(=C4/C(=O)Nc5ccc(C)cc54)c(=O)n3C2)cc1. The van der Waals surface area contributed by atoms with E-state index in [0.29, 0.717) is 33.8 Å². The second-order valence-electron chi connectivity index (χ2n) is 7.41. The van der Waals surface area contributed by atoms with Crippen molar-refractivity contribution in [3.05, 3.63) is 78.8 Å². The summed E-state index contributed by atoms with van der Waals surface area (Å²) >= 11 is 1.25. The molecule has 3 aromatic rings. The maximum Gasteiger partial charge on any atom is 0.272 e. The number of carbonyl (C=O) groups excluding carboxylic acids is 2. The van der Waals surface area contributed by atoms with Crippen LogP contribution in [0.2, 0.25) is 0 Å². The van der Waals surface area contributed by atoms with Gasteiger partial charge in [0.1, 0.15) is 17.9 Å². The zero-order chi connectivity index (χ0) is 21.0. The topological polar surface area (TPSA) is 83.8 Å². The molecule has 3 heterocycles. The Hall–Kier alpha value is -3.52. The van der Waals surface area contributed by atoms with Crippen LogP contribution in [0.1, 0.15) is 28.4 Å². The van der Waals surface area contributed by atoms with E-state index in [4.69, 9.17) is 0 Å². The molecule has 8 heteroatoms. The van der Waals surface area contributed by atoms with Crippen LogP contribution in [0.25, 0.3) is 5.57 Å². The fourth-order valence-corrected chi connectivity index (χ4v) is 4.80. The van der Waals surface area contributed by atoms with Crippen LogP contribution in [0.4, 0.5) is 11.4 Å². The molecule has 2 aliphatic heterocycles. The monoisotopic (exact) mass is 418 g/mol. The van der Waals surface area contributed by atoms with E-state index < -0.39 is 0 Å². The van der Waals surface area contributed by atoms with Crippen molar-refractivity contribution in [1.82, 2.24) is 4.57 Å². The van der Waals surface area contributed by atoms with Gasteiger partial charge in [0.2, 0.25) is 0 Å². The van der Waals surface area contributed by atoms with Crippen LogP contribution in [0.3, 0.4) is 0 Å². The number of fused-ring (bicyclic) bond motifs is 2. The number of carbonyl (C=O) groups is 2. The molecule has 2 aromatic carbocycles. The van der Waals surface area contributed by atoms with Gasteiger partial charge in [-0.05, 0) is 50.2 Å². The van der Waals surface area contributed by atoms with E-state index in [1.54, 1.807) is 16.7 Å². The van der Waals surface area contributed by atoms with Gasteiger partial charge in [-0.1, -0.05) is 23.0 Å². The van der Waals surface area contributed by atoms with Gasteiger partial charge in [0.05, 0.1) is 5.57 Å². The molecule has 0 bridgehead atoms. The Balaban J connectivity index is 1.59. The lowest BCUT2D eigenvalue weighted by atomic mass is 10.1. The molecule has 30 heavy (non-hydrogen) atoms. The van der Waals surface area contributed by atoms with E-state index in [2.05, 4.69) is 10.3 Å². The molecular formula is C22H18N4O3S. The molecule has 1 N–H and O–H groups in total. The quantitative estimate of drug-likeness (QED) is 0.641. The third-order valence-corrected chi connectivity index (χ3v) is 6.45. The fourth-order valence-electron chi connectivity index (χ4n) is 3.74. The van der Waals surface area contributed by atoms with E-state index in [-0.39, 0.29) is 17.2 Å². The highest BCUT2D eigenvalue weighted by Crippen LogP contribution is 2.30. The molecule has 0 saturated carbocycles. The zero-order valence-corrected chi connectivity index (χ0v) is 17.2. The van der Waals surface area contributed by atoms with Gasteiger partial charge in [-0.2, -0.15) is 0 Å². The summed E-state index contributed by atoms with van der Waals surface area (Å²) in [7, 11) is 0. The number of hydrogen-bond acceptors (Lipinski definition) is 6.